The van der Waals surface area contributed by atoms with Crippen molar-refractivity contribution in [3.63, 3.8) is 0 Å². The normalized spacial score (nSPS) is 11.7. The predicted octanol–water partition coefficient (Wildman–Crippen LogP) is 1.97. The Labute approximate surface area is 114 Å². The summed E-state index contributed by atoms with van der Waals surface area (Å²) in [4.78, 5) is 10.7. The number of halogens is 1. The van der Waals surface area contributed by atoms with E-state index in [2.05, 4.69) is 6.58 Å². The summed E-state index contributed by atoms with van der Waals surface area (Å²) in [7, 11) is -3.84. The van der Waals surface area contributed by atoms with E-state index in [9.17, 15) is 13.2 Å². The monoisotopic (exact) mass is 309 g/mol. The van der Waals surface area contributed by atoms with Crippen LogP contribution >= 0.6 is 22.9 Å². The molecule has 100 valence electrons. The summed E-state index contributed by atoms with van der Waals surface area (Å²) < 4.78 is 25.6. The van der Waals surface area contributed by atoms with Crippen molar-refractivity contribution in [3.05, 3.63) is 28.6 Å². The molecule has 0 atom stereocenters. The average Bonchev–Trinajstić information content (AvgIpc) is 2.59. The van der Waals surface area contributed by atoms with E-state index in [4.69, 9.17) is 16.7 Å². The molecule has 0 amide bonds. The molecule has 0 aliphatic heterocycles. The first-order valence-electron chi connectivity index (χ1n) is 4.87. The van der Waals surface area contributed by atoms with Gasteiger partial charge in [-0.1, -0.05) is 17.7 Å². The van der Waals surface area contributed by atoms with E-state index >= 15 is 0 Å². The molecule has 1 rings (SSSR count). The molecule has 0 bridgehead atoms. The highest BCUT2D eigenvalue weighted by Crippen LogP contribution is 2.31. The van der Waals surface area contributed by atoms with Crippen LogP contribution in [-0.4, -0.2) is 36.9 Å². The van der Waals surface area contributed by atoms with Crippen LogP contribution in [0.3, 0.4) is 0 Å². The van der Waals surface area contributed by atoms with E-state index in [0.717, 1.165) is 15.6 Å². The number of nitrogens with zero attached hydrogens (tertiary/aromatic N) is 1. The molecule has 0 saturated carbocycles. The second-order valence-corrected chi connectivity index (χ2v) is 7.32. The number of aryl methyl sites for hydroxylation is 1. The Hall–Kier alpha value is -0.890. The quantitative estimate of drug-likeness (QED) is 0.815. The molecule has 0 saturated heterocycles. The van der Waals surface area contributed by atoms with Crippen molar-refractivity contribution in [2.75, 3.05) is 13.1 Å². The van der Waals surface area contributed by atoms with Gasteiger partial charge < -0.3 is 5.11 Å². The van der Waals surface area contributed by atoms with Crippen LogP contribution < -0.4 is 0 Å². The van der Waals surface area contributed by atoms with Crippen LogP contribution in [0.4, 0.5) is 0 Å². The molecule has 0 aromatic carbocycles. The van der Waals surface area contributed by atoms with Crippen molar-refractivity contribution in [1.82, 2.24) is 4.31 Å². The second-order valence-electron chi connectivity index (χ2n) is 3.50. The van der Waals surface area contributed by atoms with Gasteiger partial charge in [-0.3, -0.25) is 4.79 Å². The van der Waals surface area contributed by atoms with Gasteiger partial charge in [0.1, 0.15) is 10.8 Å². The molecular formula is C10H12ClNO4S2. The van der Waals surface area contributed by atoms with Crippen LogP contribution in [0.15, 0.2) is 22.9 Å². The molecule has 0 spiro atoms. The maximum absolute atomic E-state index is 12.2. The lowest BCUT2D eigenvalue weighted by molar-refractivity contribution is -0.137. The van der Waals surface area contributed by atoms with Gasteiger partial charge in [0.25, 0.3) is 10.0 Å². The maximum Gasteiger partial charge on any atom is 0.318 e. The predicted molar refractivity (Wildman–Crippen MR) is 70.7 cm³/mol. The number of carboxylic acid groups (broad SMARTS) is 1. The molecule has 1 heterocycles. The zero-order valence-corrected chi connectivity index (χ0v) is 12.0. The van der Waals surface area contributed by atoms with Crippen molar-refractivity contribution in [2.45, 2.75) is 11.1 Å². The fraction of sp³-hybridized carbons (Fsp3) is 0.300. The third-order valence-electron chi connectivity index (χ3n) is 2.07. The van der Waals surface area contributed by atoms with Gasteiger partial charge in [-0.2, -0.15) is 4.31 Å². The van der Waals surface area contributed by atoms with Gasteiger partial charge in [0.15, 0.2) is 0 Å². The smallest absolute Gasteiger partial charge is 0.318 e. The van der Waals surface area contributed by atoms with E-state index in [-0.39, 0.29) is 10.8 Å². The molecule has 0 aliphatic rings. The number of carboxylic acids is 1. The Morgan fingerprint density at radius 2 is 2.28 bits per heavy atom. The van der Waals surface area contributed by atoms with Gasteiger partial charge >= 0.3 is 5.97 Å². The molecular weight excluding hydrogens is 298 g/mol. The SMILES string of the molecule is C=CCN(CC(=O)O)S(=O)(=O)c1cc(C)c(Cl)s1. The van der Waals surface area contributed by atoms with Gasteiger partial charge in [0, 0.05) is 6.54 Å². The van der Waals surface area contributed by atoms with Crippen LogP contribution in [0.1, 0.15) is 5.56 Å². The van der Waals surface area contributed by atoms with Crippen LogP contribution in [0, 0.1) is 6.92 Å². The minimum Gasteiger partial charge on any atom is -0.480 e. The van der Waals surface area contributed by atoms with Crippen LogP contribution in [0.2, 0.25) is 4.34 Å². The van der Waals surface area contributed by atoms with Crippen molar-refractivity contribution in [3.8, 4) is 0 Å². The number of hydrogen-bond acceptors (Lipinski definition) is 4. The standard InChI is InChI=1S/C10H12ClNO4S2/c1-3-4-12(6-8(13)14)18(15,16)9-5-7(2)10(11)17-9/h3,5H,1,4,6H2,2H3,(H,13,14). The Kier molecular flexibility index (Phi) is 4.92. The summed E-state index contributed by atoms with van der Waals surface area (Å²) in [6.45, 7) is 4.43. The van der Waals surface area contributed by atoms with E-state index in [1.54, 1.807) is 6.92 Å². The van der Waals surface area contributed by atoms with Crippen LogP contribution in [-0.2, 0) is 14.8 Å². The summed E-state index contributed by atoms with van der Waals surface area (Å²) in [6, 6.07) is 1.43. The Bertz CT molecular complexity index is 545. The first kappa shape index (κ1) is 15.2. The average molecular weight is 310 g/mol. The molecule has 18 heavy (non-hydrogen) atoms. The Balaban J connectivity index is 3.15. The number of hydrogen-bond donors (Lipinski definition) is 1. The highest BCUT2D eigenvalue weighted by atomic mass is 35.5. The summed E-state index contributed by atoms with van der Waals surface area (Å²) in [5.74, 6) is -1.22. The van der Waals surface area contributed by atoms with Crippen LogP contribution in [0.5, 0.6) is 0 Å². The molecule has 0 aliphatic carbocycles. The first-order chi connectivity index (χ1) is 8.28. The lowest BCUT2D eigenvalue weighted by atomic mass is 10.4. The van der Waals surface area contributed by atoms with Crippen molar-refractivity contribution in [1.29, 1.82) is 0 Å². The highest BCUT2D eigenvalue weighted by Gasteiger charge is 2.27. The number of rotatable bonds is 6. The third-order valence-corrected chi connectivity index (χ3v) is 5.89. The van der Waals surface area contributed by atoms with Gasteiger partial charge in [-0.05, 0) is 18.6 Å². The Morgan fingerprint density at radius 1 is 1.67 bits per heavy atom. The topological polar surface area (TPSA) is 74.7 Å². The lowest BCUT2D eigenvalue weighted by Crippen LogP contribution is -2.35. The molecule has 1 N–H and O–H groups in total. The van der Waals surface area contributed by atoms with Crippen molar-refractivity contribution in [2.24, 2.45) is 0 Å². The zero-order valence-electron chi connectivity index (χ0n) is 9.59. The molecule has 0 fully saturated rings. The fourth-order valence-corrected chi connectivity index (χ4v) is 4.45. The lowest BCUT2D eigenvalue weighted by Gasteiger charge is -2.17. The summed E-state index contributed by atoms with van der Waals surface area (Å²) >= 11 is 6.73. The highest BCUT2D eigenvalue weighted by molar-refractivity contribution is 7.91. The van der Waals surface area contributed by atoms with E-state index < -0.39 is 22.5 Å². The van der Waals surface area contributed by atoms with Crippen molar-refractivity contribution < 1.29 is 18.3 Å². The minimum absolute atomic E-state index is 0.0353. The van der Waals surface area contributed by atoms with Gasteiger partial charge in [0.2, 0.25) is 0 Å². The summed E-state index contributed by atoms with van der Waals surface area (Å²) in [5.41, 5.74) is 0.647. The fourth-order valence-electron chi connectivity index (χ4n) is 1.23. The molecule has 1 aromatic rings. The molecule has 1 aromatic heterocycles. The van der Waals surface area contributed by atoms with Gasteiger partial charge in [-0.25, -0.2) is 8.42 Å². The summed E-state index contributed by atoms with van der Waals surface area (Å²) in [5, 5.41) is 8.72. The molecule has 8 heteroatoms. The van der Waals surface area contributed by atoms with E-state index in [1.165, 1.54) is 12.1 Å². The molecule has 0 unspecified atom stereocenters. The van der Waals surface area contributed by atoms with Crippen LogP contribution in [0.25, 0.3) is 0 Å². The van der Waals surface area contributed by atoms with Gasteiger partial charge in [0.05, 0.1) is 4.34 Å². The zero-order chi connectivity index (χ0) is 13.9. The first-order valence-corrected chi connectivity index (χ1v) is 7.51. The van der Waals surface area contributed by atoms with Crippen molar-refractivity contribution >= 4 is 38.9 Å². The number of aliphatic carboxylic acids is 1. The second kappa shape index (κ2) is 5.83. The summed E-state index contributed by atoms with van der Waals surface area (Å²) in [6.07, 6.45) is 1.34. The molecule has 0 radical (unpaired) electrons. The van der Waals surface area contributed by atoms with Gasteiger partial charge in [-0.15, -0.1) is 17.9 Å². The third kappa shape index (κ3) is 3.32. The minimum atomic E-state index is -3.84. The largest absolute Gasteiger partial charge is 0.480 e. The van der Waals surface area contributed by atoms with E-state index in [0.29, 0.717) is 9.90 Å². The number of carbonyl (C=O) groups is 1. The molecule has 5 nitrogen and oxygen atoms in total. The number of thiophene rings is 1. The Morgan fingerprint density at radius 3 is 2.67 bits per heavy atom. The van der Waals surface area contributed by atoms with E-state index in [1.807, 2.05) is 0 Å². The number of sulfonamides is 1. The maximum atomic E-state index is 12.2.